The lowest BCUT2D eigenvalue weighted by molar-refractivity contribution is 0.114. The molecule has 3 nitrogen and oxygen atoms in total. The molecule has 0 spiro atoms. The minimum atomic E-state index is -0.649. The molecule has 1 heterocycles. The summed E-state index contributed by atoms with van der Waals surface area (Å²) in [5.41, 5.74) is 3.01. The molecule has 0 N–H and O–H groups in total. The molecule has 3 aromatic carbocycles. The van der Waals surface area contributed by atoms with Crippen LogP contribution in [0.1, 0.15) is 36.6 Å². The highest BCUT2D eigenvalue weighted by atomic mass is 19.1. The van der Waals surface area contributed by atoms with Gasteiger partial charge in [-0.25, -0.2) is 4.39 Å². The van der Waals surface area contributed by atoms with Gasteiger partial charge < -0.3 is 9.31 Å². The molecule has 0 saturated carbocycles. The Labute approximate surface area is 171 Å². The number of nitrogens with zero attached hydrogens (tertiary/aromatic N) is 1. The molecule has 5 heteroatoms. The fourth-order valence-corrected chi connectivity index (χ4v) is 3.51. The number of hydrogen-bond donors (Lipinski definition) is 0. The standard InChI is InChI=1S/C24H23BFNO2/c1-18(19-9-5-3-6-10-19)27-16-20-13-14-22(26)15-23(20)25-28-17-24(2,29-25)21-11-7-4-8-12-21/h3-16,18H,17H2,1-2H3/t18-,24-/m1/s1. The van der Waals surface area contributed by atoms with Crippen molar-refractivity contribution < 1.29 is 13.7 Å². The molecule has 29 heavy (non-hydrogen) atoms. The van der Waals surface area contributed by atoms with E-state index in [1.54, 1.807) is 12.3 Å². The van der Waals surface area contributed by atoms with E-state index in [9.17, 15) is 4.39 Å². The molecule has 1 fully saturated rings. The number of benzene rings is 3. The number of halogens is 1. The molecule has 2 atom stereocenters. The highest BCUT2D eigenvalue weighted by molar-refractivity contribution is 6.63. The summed E-state index contributed by atoms with van der Waals surface area (Å²) < 4.78 is 26.2. The quantitative estimate of drug-likeness (QED) is 0.471. The smallest absolute Gasteiger partial charge is 0.404 e. The first-order chi connectivity index (χ1) is 14.0. The summed E-state index contributed by atoms with van der Waals surface area (Å²) in [7, 11) is -0.649. The Morgan fingerprint density at radius 3 is 2.45 bits per heavy atom. The summed E-state index contributed by atoms with van der Waals surface area (Å²) in [5.74, 6) is -0.325. The summed E-state index contributed by atoms with van der Waals surface area (Å²) in [6.07, 6.45) is 1.78. The van der Waals surface area contributed by atoms with Gasteiger partial charge in [-0.1, -0.05) is 66.7 Å². The molecule has 0 aliphatic carbocycles. The van der Waals surface area contributed by atoms with Crippen molar-refractivity contribution in [1.82, 2.24) is 0 Å². The van der Waals surface area contributed by atoms with Gasteiger partial charge in [0.05, 0.1) is 18.2 Å². The maximum atomic E-state index is 14.0. The van der Waals surface area contributed by atoms with Crippen molar-refractivity contribution in [2.45, 2.75) is 25.5 Å². The van der Waals surface area contributed by atoms with Crippen LogP contribution in [0.25, 0.3) is 0 Å². The topological polar surface area (TPSA) is 30.8 Å². The molecule has 146 valence electrons. The fourth-order valence-electron chi connectivity index (χ4n) is 3.51. The maximum absolute atomic E-state index is 14.0. The Kier molecular flexibility index (Phi) is 5.61. The van der Waals surface area contributed by atoms with Crippen LogP contribution >= 0.6 is 0 Å². The zero-order valence-corrected chi connectivity index (χ0v) is 16.6. The van der Waals surface area contributed by atoms with Crippen molar-refractivity contribution in [2.24, 2.45) is 4.99 Å². The number of hydrogen-bond acceptors (Lipinski definition) is 3. The average Bonchev–Trinajstić information content (AvgIpc) is 3.17. The van der Waals surface area contributed by atoms with E-state index in [1.165, 1.54) is 12.1 Å². The predicted molar refractivity (Wildman–Crippen MR) is 115 cm³/mol. The van der Waals surface area contributed by atoms with Gasteiger partial charge >= 0.3 is 7.12 Å². The summed E-state index contributed by atoms with van der Waals surface area (Å²) in [6.45, 7) is 4.42. The Balaban J connectivity index is 1.59. The van der Waals surface area contributed by atoms with Crippen molar-refractivity contribution in [1.29, 1.82) is 0 Å². The first-order valence-electron chi connectivity index (χ1n) is 9.78. The first-order valence-corrected chi connectivity index (χ1v) is 9.78. The molecule has 1 aliphatic heterocycles. The minimum Gasteiger partial charge on any atom is -0.404 e. The van der Waals surface area contributed by atoms with Crippen LogP contribution in [0.15, 0.2) is 83.9 Å². The van der Waals surface area contributed by atoms with Crippen LogP contribution in [0, 0.1) is 5.82 Å². The van der Waals surface area contributed by atoms with Gasteiger partial charge in [-0.2, -0.15) is 0 Å². The molecule has 0 radical (unpaired) electrons. The first kappa shape index (κ1) is 19.6. The predicted octanol–water partition coefficient (Wildman–Crippen LogP) is 4.66. The highest BCUT2D eigenvalue weighted by Crippen LogP contribution is 2.31. The van der Waals surface area contributed by atoms with E-state index in [0.717, 1.165) is 16.7 Å². The van der Waals surface area contributed by atoms with Gasteiger partial charge in [0.25, 0.3) is 0 Å². The summed E-state index contributed by atoms with van der Waals surface area (Å²) in [4.78, 5) is 4.66. The second-order valence-electron chi connectivity index (χ2n) is 7.50. The molecule has 0 amide bonds. The third-order valence-electron chi connectivity index (χ3n) is 5.28. The van der Waals surface area contributed by atoms with E-state index in [0.29, 0.717) is 12.1 Å². The third kappa shape index (κ3) is 4.31. The molecule has 4 rings (SSSR count). The Hall–Kier alpha value is -2.76. The van der Waals surface area contributed by atoms with E-state index < -0.39 is 12.7 Å². The van der Waals surface area contributed by atoms with Crippen LogP contribution in [0.2, 0.25) is 0 Å². The van der Waals surface area contributed by atoms with Crippen molar-refractivity contribution in [3.63, 3.8) is 0 Å². The molecular formula is C24H23BFNO2. The Morgan fingerprint density at radius 1 is 1.03 bits per heavy atom. The normalized spacial score (nSPS) is 20.3. The molecule has 1 saturated heterocycles. The molecule has 0 bridgehead atoms. The lowest BCUT2D eigenvalue weighted by Gasteiger charge is -2.23. The van der Waals surface area contributed by atoms with Gasteiger partial charge in [0.1, 0.15) is 5.82 Å². The van der Waals surface area contributed by atoms with Gasteiger partial charge in [0.15, 0.2) is 0 Å². The second-order valence-corrected chi connectivity index (χ2v) is 7.50. The third-order valence-corrected chi connectivity index (χ3v) is 5.28. The van der Waals surface area contributed by atoms with Crippen LogP contribution < -0.4 is 5.46 Å². The lowest BCUT2D eigenvalue weighted by atomic mass is 9.76. The summed E-state index contributed by atoms with van der Waals surface area (Å²) in [5, 5.41) is 0. The summed E-state index contributed by atoms with van der Waals surface area (Å²) in [6, 6.07) is 24.6. The molecule has 0 aromatic heterocycles. The van der Waals surface area contributed by atoms with Crippen LogP contribution in [0.5, 0.6) is 0 Å². The summed E-state index contributed by atoms with van der Waals surface area (Å²) >= 11 is 0. The van der Waals surface area contributed by atoms with E-state index in [-0.39, 0.29) is 11.9 Å². The van der Waals surface area contributed by atoms with Crippen LogP contribution in [-0.4, -0.2) is 19.9 Å². The van der Waals surface area contributed by atoms with Gasteiger partial charge in [0.2, 0.25) is 0 Å². The van der Waals surface area contributed by atoms with E-state index >= 15 is 0 Å². The van der Waals surface area contributed by atoms with Crippen LogP contribution in [-0.2, 0) is 14.9 Å². The molecule has 3 aromatic rings. The lowest BCUT2D eigenvalue weighted by Crippen LogP contribution is -2.37. The largest absolute Gasteiger partial charge is 0.495 e. The number of rotatable bonds is 5. The van der Waals surface area contributed by atoms with Crippen molar-refractivity contribution in [3.8, 4) is 0 Å². The Morgan fingerprint density at radius 2 is 1.72 bits per heavy atom. The van der Waals surface area contributed by atoms with Crippen molar-refractivity contribution in [2.75, 3.05) is 6.61 Å². The van der Waals surface area contributed by atoms with E-state index in [4.69, 9.17) is 9.31 Å². The Bertz CT molecular complexity index is 996. The van der Waals surface area contributed by atoms with Gasteiger partial charge in [-0.15, -0.1) is 0 Å². The van der Waals surface area contributed by atoms with Crippen LogP contribution in [0.3, 0.4) is 0 Å². The van der Waals surface area contributed by atoms with Crippen LogP contribution in [0.4, 0.5) is 4.39 Å². The molecule has 1 aliphatic rings. The van der Waals surface area contributed by atoms with Crippen molar-refractivity contribution in [3.05, 3.63) is 101 Å². The fraction of sp³-hybridized carbons (Fsp3) is 0.208. The SMILES string of the molecule is C[C@@H](N=Cc1ccc(F)cc1B1OC[C@](C)(c2ccccc2)O1)c1ccccc1. The second kappa shape index (κ2) is 8.32. The number of aliphatic imine (C=N–C) groups is 1. The van der Waals surface area contributed by atoms with E-state index in [2.05, 4.69) is 4.99 Å². The van der Waals surface area contributed by atoms with Crippen molar-refractivity contribution >= 4 is 18.8 Å². The monoisotopic (exact) mass is 387 g/mol. The molecule has 0 unspecified atom stereocenters. The van der Waals surface area contributed by atoms with Gasteiger partial charge in [-0.05, 0) is 48.1 Å². The minimum absolute atomic E-state index is 0.00546. The van der Waals surface area contributed by atoms with E-state index in [1.807, 2.05) is 74.5 Å². The van der Waals surface area contributed by atoms with Gasteiger partial charge in [-0.3, -0.25) is 4.99 Å². The highest BCUT2D eigenvalue weighted by Gasteiger charge is 2.43. The van der Waals surface area contributed by atoms with Gasteiger partial charge in [0, 0.05) is 6.21 Å². The molecular weight excluding hydrogens is 364 g/mol. The zero-order chi connectivity index (χ0) is 20.3. The average molecular weight is 387 g/mol. The maximum Gasteiger partial charge on any atom is 0.495 e. The zero-order valence-electron chi connectivity index (χ0n) is 16.6.